The zero-order valence-corrected chi connectivity index (χ0v) is 16.1. The minimum Gasteiger partial charge on any atom is -1.00 e. The molecule has 4 nitrogen and oxygen atoms in total. The molecule has 130 valence electrons. The van der Waals surface area contributed by atoms with E-state index in [0.29, 0.717) is 12.3 Å². The minimum atomic E-state index is -0.997. The number of hydrogen-bond acceptors (Lipinski definition) is 3. The summed E-state index contributed by atoms with van der Waals surface area (Å²) in [5.74, 6) is -0.824. The average Bonchev–Trinajstić information content (AvgIpc) is 2.49. The highest BCUT2D eigenvalue weighted by Gasteiger charge is 2.42. The van der Waals surface area contributed by atoms with Crippen molar-refractivity contribution in [2.75, 3.05) is 26.7 Å². The van der Waals surface area contributed by atoms with Crippen LogP contribution in [0.3, 0.4) is 0 Å². The molecule has 2 atom stereocenters. The van der Waals surface area contributed by atoms with Gasteiger partial charge in [0.15, 0.2) is 0 Å². The first-order valence-electron chi connectivity index (χ1n) is 8.22. The molecule has 2 bridgehead atoms. The highest BCUT2D eigenvalue weighted by atomic mass is 127. The Morgan fingerprint density at radius 1 is 1.30 bits per heavy atom. The number of aliphatic hydroxyl groups is 1. The van der Waals surface area contributed by atoms with Crippen LogP contribution in [0.1, 0.15) is 37.7 Å². The SMILES string of the molecule is CCC(C(=O)[O-])c1ccccc1.C[N+]12CCC(CC1)C(O)C2.[I-]. The molecule has 0 aliphatic carbocycles. The van der Waals surface area contributed by atoms with Crippen LogP contribution in [0.2, 0.25) is 0 Å². The van der Waals surface area contributed by atoms with Gasteiger partial charge in [0.05, 0.1) is 20.1 Å². The molecule has 3 fully saturated rings. The van der Waals surface area contributed by atoms with Crippen molar-refractivity contribution in [3.8, 4) is 0 Å². The van der Waals surface area contributed by atoms with E-state index in [4.69, 9.17) is 0 Å². The number of carboxylic acids is 1. The number of halogens is 1. The van der Waals surface area contributed by atoms with E-state index < -0.39 is 11.9 Å². The molecule has 3 saturated heterocycles. The number of benzene rings is 1. The summed E-state index contributed by atoms with van der Waals surface area (Å²) in [5, 5.41) is 20.2. The second kappa shape index (κ2) is 8.99. The molecule has 3 aliphatic rings. The average molecular weight is 432 g/mol. The van der Waals surface area contributed by atoms with Crippen molar-refractivity contribution in [3.05, 3.63) is 35.9 Å². The van der Waals surface area contributed by atoms with Gasteiger partial charge in [0.1, 0.15) is 12.6 Å². The van der Waals surface area contributed by atoms with Gasteiger partial charge in [-0.1, -0.05) is 37.3 Å². The number of likely N-dealkylation sites (N-methyl/N-ethyl adjacent to an activating group) is 1. The fraction of sp³-hybridized carbons (Fsp3) is 0.611. The first kappa shape index (κ1) is 20.4. The van der Waals surface area contributed by atoms with Crippen LogP contribution in [-0.2, 0) is 4.79 Å². The van der Waals surface area contributed by atoms with E-state index in [2.05, 4.69) is 7.05 Å². The number of carbonyl (C=O) groups is 1. The maximum atomic E-state index is 10.6. The predicted octanol–water partition coefficient (Wildman–Crippen LogP) is -1.85. The van der Waals surface area contributed by atoms with Crippen LogP contribution < -0.4 is 29.1 Å². The summed E-state index contributed by atoms with van der Waals surface area (Å²) in [6.45, 7) is 5.43. The van der Waals surface area contributed by atoms with Gasteiger partial charge in [-0.3, -0.25) is 0 Å². The van der Waals surface area contributed by atoms with Crippen LogP contribution in [0, 0.1) is 5.92 Å². The molecule has 0 saturated carbocycles. The topological polar surface area (TPSA) is 60.4 Å². The highest BCUT2D eigenvalue weighted by molar-refractivity contribution is 5.73. The Kier molecular flexibility index (Phi) is 7.97. The Hall–Kier alpha value is -0.660. The van der Waals surface area contributed by atoms with Gasteiger partial charge >= 0.3 is 0 Å². The zero-order valence-electron chi connectivity index (χ0n) is 14.0. The van der Waals surface area contributed by atoms with Crippen molar-refractivity contribution in [2.24, 2.45) is 5.92 Å². The summed E-state index contributed by atoms with van der Waals surface area (Å²) >= 11 is 0. The van der Waals surface area contributed by atoms with E-state index in [0.717, 1.165) is 16.6 Å². The lowest BCUT2D eigenvalue weighted by molar-refractivity contribution is -0.928. The summed E-state index contributed by atoms with van der Waals surface area (Å²) in [7, 11) is 2.26. The summed E-state index contributed by atoms with van der Waals surface area (Å²) < 4.78 is 1.12. The number of fused-ring (bicyclic) bond motifs is 3. The standard InChI is InChI=1S/C10H12O2.C8H16NO.HI/c1-2-9(10(11)12)8-6-4-3-5-7-8;1-9-4-2-7(3-5-9)8(10)6-9;/h3-7,9H,2H2,1H3,(H,11,12);7-8,10H,2-6H2,1H3;1H/q;+1;/p-2. The molecule has 2 unspecified atom stereocenters. The van der Waals surface area contributed by atoms with Crippen LogP contribution >= 0.6 is 0 Å². The summed E-state index contributed by atoms with van der Waals surface area (Å²) in [4.78, 5) is 10.6. The third kappa shape index (κ3) is 5.43. The Morgan fingerprint density at radius 2 is 1.87 bits per heavy atom. The number of carbonyl (C=O) groups excluding carboxylic acids is 1. The maximum Gasteiger partial charge on any atom is 0.106 e. The summed E-state index contributed by atoms with van der Waals surface area (Å²) in [6.07, 6.45) is 3.08. The van der Waals surface area contributed by atoms with Crippen molar-refractivity contribution < 1.29 is 43.5 Å². The molecule has 5 heteroatoms. The third-order valence-electron chi connectivity index (χ3n) is 5.15. The lowest BCUT2D eigenvalue weighted by Gasteiger charge is -2.48. The van der Waals surface area contributed by atoms with E-state index in [-0.39, 0.29) is 30.1 Å². The number of carboxylic acid groups (broad SMARTS) is 1. The van der Waals surface area contributed by atoms with Gasteiger partial charge in [0.25, 0.3) is 0 Å². The molecule has 23 heavy (non-hydrogen) atoms. The Labute approximate surface area is 156 Å². The normalized spacial score (nSPS) is 29.7. The van der Waals surface area contributed by atoms with Gasteiger partial charge in [-0.25, -0.2) is 0 Å². The monoisotopic (exact) mass is 432 g/mol. The van der Waals surface area contributed by atoms with E-state index in [9.17, 15) is 15.0 Å². The third-order valence-corrected chi connectivity index (χ3v) is 5.15. The van der Waals surface area contributed by atoms with Crippen LogP contribution in [0.25, 0.3) is 0 Å². The zero-order chi connectivity index (χ0) is 16.2. The number of rotatable bonds is 3. The quantitative estimate of drug-likeness (QED) is 0.451. The predicted molar refractivity (Wildman–Crippen MR) is 84.0 cm³/mol. The van der Waals surface area contributed by atoms with E-state index in [1.165, 1.54) is 25.9 Å². The van der Waals surface area contributed by atoms with Crippen LogP contribution in [0.4, 0.5) is 0 Å². The maximum absolute atomic E-state index is 10.6. The van der Waals surface area contributed by atoms with Crippen LogP contribution in [-0.4, -0.2) is 48.3 Å². The molecule has 3 aliphatic heterocycles. The van der Waals surface area contributed by atoms with Gasteiger partial charge in [-0.2, -0.15) is 0 Å². The van der Waals surface area contributed by atoms with Crippen molar-refractivity contribution in [1.82, 2.24) is 0 Å². The van der Waals surface area contributed by atoms with E-state index >= 15 is 0 Å². The van der Waals surface area contributed by atoms with Crippen molar-refractivity contribution in [1.29, 1.82) is 0 Å². The van der Waals surface area contributed by atoms with Gasteiger partial charge < -0.3 is 43.5 Å². The molecular weight excluding hydrogens is 405 g/mol. The van der Waals surface area contributed by atoms with Gasteiger partial charge in [-0.15, -0.1) is 0 Å². The van der Waals surface area contributed by atoms with Gasteiger partial charge in [0, 0.05) is 30.6 Å². The molecule has 1 N–H and O–H groups in total. The minimum absolute atomic E-state index is 0. The second-order valence-corrected chi connectivity index (χ2v) is 6.84. The smallest absolute Gasteiger partial charge is 0.106 e. The molecule has 1 aromatic carbocycles. The van der Waals surface area contributed by atoms with Gasteiger partial charge in [-0.05, 0) is 12.0 Å². The fourth-order valence-electron chi connectivity index (χ4n) is 3.60. The molecule has 3 heterocycles. The van der Waals surface area contributed by atoms with E-state index in [1.54, 1.807) is 0 Å². The molecule has 4 rings (SSSR count). The second-order valence-electron chi connectivity index (χ2n) is 6.84. The first-order valence-corrected chi connectivity index (χ1v) is 8.22. The summed E-state index contributed by atoms with van der Waals surface area (Å²) in [5.41, 5.74) is 0.819. The van der Waals surface area contributed by atoms with Crippen molar-refractivity contribution in [2.45, 2.75) is 38.2 Å². The molecule has 1 aromatic rings. The van der Waals surface area contributed by atoms with Crippen LogP contribution in [0.5, 0.6) is 0 Å². The fourth-order valence-corrected chi connectivity index (χ4v) is 3.60. The molecule has 0 aromatic heterocycles. The summed E-state index contributed by atoms with van der Waals surface area (Å²) in [6, 6.07) is 9.15. The Balaban J connectivity index is 0.000000223. The number of aliphatic carboxylic acids is 1. The molecule has 0 radical (unpaired) electrons. The highest BCUT2D eigenvalue weighted by Crippen LogP contribution is 2.31. The van der Waals surface area contributed by atoms with Gasteiger partial charge in [0.2, 0.25) is 0 Å². The Morgan fingerprint density at radius 3 is 2.22 bits per heavy atom. The number of nitrogens with zero attached hydrogens (tertiary/aromatic N) is 1. The first-order chi connectivity index (χ1) is 10.4. The largest absolute Gasteiger partial charge is 1.00 e. The Bertz CT molecular complexity index is 486. The lowest BCUT2D eigenvalue weighted by atomic mass is 9.84. The lowest BCUT2D eigenvalue weighted by Crippen LogP contribution is -3.00. The van der Waals surface area contributed by atoms with Crippen molar-refractivity contribution in [3.63, 3.8) is 0 Å². The van der Waals surface area contributed by atoms with E-state index in [1.807, 2.05) is 37.3 Å². The number of aliphatic hydroxyl groups excluding tert-OH is 1. The molecular formula is C18H27INO3-. The van der Waals surface area contributed by atoms with Crippen molar-refractivity contribution >= 4 is 5.97 Å². The number of quaternary nitrogens is 1. The number of piperidine rings is 3. The number of hydrogen-bond donors (Lipinski definition) is 1. The van der Waals surface area contributed by atoms with Crippen LogP contribution in [0.15, 0.2) is 30.3 Å². The molecule has 0 spiro atoms. The molecule has 0 amide bonds.